The number of nitrogens with one attached hydrogen (secondary N) is 1. The largest absolute Gasteiger partial charge is 0.454 e. The Labute approximate surface area is 131 Å². The summed E-state index contributed by atoms with van der Waals surface area (Å²) in [5.41, 5.74) is 0.737. The number of hydrogen-bond acceptors (Lipinski definition) is 5. The molecule has 0 aliphatic carbocycles. The van der Waals surface area contributed by atoms with E-state index in [0.29, 0.717) is 12.3 Å². The third kappa shape index (κ3) is 5.03. The van der Waals surface area contributed by atoms with E-state index >= 15 is 0 Å². The molecule has 0 atom stereocenters. The van der Waals surface area contributed by atoms with E-state index in [1.807, 2.05) is 0 Å². The molecule has 2 rings (SSSR count). The van der Waals surface area contributed by atoms with Crippen LogP contribution in [0, 0.1) is 5.82 Å². The van der Waals surface area contributed by atoms with Crippen molar-refractivity contribution >= 4 is 28.9 Å². The molecule has 1 aliphatic heterocycles. The van der Waals surface area contributed by atoms with Crippen molar-refractivity contribution in [2.75, 3.05) is 25.4 Å². The number of esters is 1. The van der Waals surface area contributed by atoms with Gasteiger partial charge in [-0.05, 0) is 17.7 Å². The van der Waals surface area contributed by atoms with Crippen LogP contribution in [0.2, 0.25) is 0 Å². The molecule has 2 amide bonds. The molecular formula is C14H15FN2O4S. The van der Waals surface area contributed by atoms with Gasteiger partial charge in [-0.25, -0.2) is 4.39 Å². The average molecular weight is 326 g/mol. The lowest BCUT2D eigenvalue weighted by Crippen LogP contribution is -2.34. The van der Waals surface area contributed by atoms with Crippen LogP contribution in [0.1, 0.15) is 5.56 Å². The van der Waals surface area contributed by atoms with Gasteiger partial charge in [0, 0.05) is 18.8 Å². The first-order valence-corrected chi connectivity index (χ1v) is 7.61. The molecule has 22 heavy (non-hydrogen) atoms. The Morgan fingerprint density at radius 2 is 2.05 bits per heavy atom. The van der Waals surface area contributed by atoms with Crippen LogP contribution in [-0.4, -0.2) is 47.5 Å². The van der Waals surface area contributed by atoms with Crippen molar-refractivity contribution in [3.63, 3.8) is 0 Å². The van der Waals surface area contributed by atoms with Crippen LogP contribution in [0.4, 0.5) is 9.18 Å². The lowest BCUT2D eigenvalue weighted by molar-refractivity contribution is -0.148. The minimum absolute atomic E-state index is 0.142. The molecule has 0 spiro atoms. The van der Waals surface area contributed by atoms with E-state index in [0.717, 1.165) is 17.3 Å². The number of halogens is 1. The van der Waals surface area contributed by atoms with Gasteiger partial charge in [-0.3, -0.25) is 14.4 Å². The molecular weight excluding hydrogens is 311 g/mol. The summed E-state index contributed by atoms with van der Waals surface area (Å²) in [5.74, 6) is -0.768. The van der Waals surface area contributed by atoms with Crippen molar-refractivity contribution in [1.82, 2.24) is 10.2 Å². The van der Waals surface area contributed by atoms with Crippen molar-refractivity contribution in [2.45, 2.75) is 6.54 Å². The van der Waals surface area contributed by atoms with Gasteiger partial charge in [0.1, 0.15) is 12.4 Å². The smallest absolute Gasteiger partial charge is 0.326 e. The summed E-state index contributed by atoms with van der Waals surface area (Å²) < 4.78 is 17.5. The topological polar surface area (TPSA) is 75.7 Å². The standard InChI is InChI=1S/C14H15FN2O4S/c15-11-3-1-10(2-4-11)7-16-12(18)9-21-13(19)8-17-5-6-22-14(17)20/h1-4H,5-9H2,(H,16,18). The number of carbonyl (C=O) groups is 3. The van der Waals surface area contributed by atoms with E-state index in [-0.39, 0.29) is 24.1 Å². The van der Waals surface area contributed by atoms with Crippen LogP contribution in [0.3, 0.4) is 0 Å². The van der Waals surface area contributed by atoms with Gasteiger partial charge in [0.15, 0.2) is 6.61 Å². The van der Waals surface area contributed by atoms with Crippen LogP contribution in [0.5, 0.6) is 0 Å². The van der Waals surface area contributed by atoms with Crippen LogP contribution in [0.25, 0.3) is 0 Å². The van der Waals surface area contributed by atoms with E-state index in [9.17, 15) is 18.8 Å². The monoisotopic (exact) mass is 326 g/mol. The van der Waals surface area contributed by atoms with E-state index in [2.05, 4.69) is 5.32 Å². The van der Waals surface area contributed by atoms with E-state index in [1.54, 1.807) is 12.1 Å². The summed E-state index contributed by atoms with van der Waals surface area (Å²) in [6.07, 6.45) is 0. The summed E-state index contributed by atoms with van der Waals surface area (Å²) in [7, 11) is 0. The van der Waals surface area contributed by atoms with Crippen LogP contribution in [-0.2, 0) is 20.9 Å². The number of hydrogen-bond donors (Lipinski definition) is 1. The number of carbonyl (C=O) groups excluding carboxylic acids is 3. The van der Waals surface area contributed by atoms with Gasteiger partial charge in [-0.2, -0.15) is 0 Å². The molecule has 1 aromatic rings. The fraction of sp³-hybridized carbons (Fsp3) is 0.357. The zero-order valence-corrected chi connectivity index (χ0v) is 12.5. The molecule has 6 nitrogen and oxygen atoms in total. The minimum Gasteiger partial charge on any atom is -0.454 e. The Morgan fingerprint density at radius 3 is 2.68 bits per heavy atom. The predicted octanol–water partition coefficient (Wildman–Crippen LogP) is 1.15. The van der Waals surface area contributed by atoms with E-state index < -0.39 is 18.5 Å². The summed E-state index contributed by atoms with van der Waals surface area (Å²) >= 11 is 1.15. The third-order valence-electron chi connectivity index (χ3n) is 2.93. The highest BCUT2D eigenvalue weighted by molar-refractivity contribution is 8.13. The summed E-state index contributed by atoms with van der Waals surface area (Å²) in [6, 6.07) is 5.70. The summed E-state index contributed by atoms with van der Waals surface area (Å²) in [6.45, 7) is 0.180. The van der Waals surface area contributed by atoms with Crippen LogP contribution < -0.4 is 5.32 Å². The van der Waals surface area contributed by atoms with E-state index in [4.69, 9.17) is 4.74 Å². The third-order valence-corrected chi connectivity index (χ3v) is 3.82. The molecule has 1 heterocycles. The van der Waals surface area contributed by atoms with E-state index in [1.165, 1.54) is 17.0 Å². The Bertz CT molecular complexity index is 564. The second-order valence-corrected chi connectivity index (χ2v) is 5.65. The number of nitrogens with zero attached hydrogens (tertiary/aromatic N) is 1. The zero-order valence-electron chi connectivity index (χ0n) is 11.7. The molecule has 1 fully saturated rings. The summed E-state index contributed by atoms with van der Waals surface area (Å²) in [5, 5.41) is 2.40. The van der Waals surface area contributed by atoms with Crippen molar-refractivity contribution in [1.29, 1.82) is 0 Å². The van der Waals surface area contributed by atoms with Crippen molar-refractivity contribution in [3.05, 3.63) is 35.6 Å². The second kappa shape index (κ2) is 7.79. The maximum Gasteiger partial charge on any atom is 0.326 e. The normalized spacial score (nSPS) is 14.0. The molecule has 0 saturated carbocycles. The molecule has 1 aliphatic rings. The quantitative estimate of drug-likeness (QED) is 0.794. The SMILES string of the molecule is O=C(COC(=O)CN1CCSC1=O)NCc1ccc(F)cc1. The fourth-order valence-corrected chi connectivity index (χ4v) is 2.60. The van der Waals surface area contributed by atoms with Gasteiger partial charge in [0.05, 0.1) is 0 Å². The van der Waals surface area contributed by atoms with Crippen molar-refractivity contribution in [3.8, 4) is 0 Å². The van der Waals surface area contributed by atoms with Gasteiger partial charge < -0.3 is 15.0 Å². The molecule has 1 saturated heterocycles. The molecule has 0 bridgehead atoms. The molecule has 8 heteroatoms. The zero-order chi connectivity index (χ0) is 15.9. The fourth-order valence-electron chi connectivity index (χ4n) is 1.77. The molecule has 1 N–H and O–H groups in total. The summed E-state index contributed by atoms with van der Waals surface area (Å²) in [4.78, 5) is 35.7. The first-order chi connectivity index (χ1) is 10.5. The highest BCUT2D eigenvalue weighted by Gasteiger charge is 2.24. The highest BCUT2D eigenvalue weighted by atomic mass is 32.2. The average Bonchev–Trinajstić information content (AvgIpc) is 2.90. The number of benzene rings is 1. The first kappa shape index (κ1) is 16.3. The van der Waals surface area contributed by atoms with Gasteiger partial charge in [0.25, 0.3) is 11.1 Å². The molecule has 1 aromatic carbocycles. The lowest BCUT2D eigenvalue weighted by atomic mass is 10.2. The minimum atomic E-state index is -0.618. The second-order valence-electron chi connectivity index (χ2n) is 4.60. The van der Waals surface area contributed by atoms with Gasteiger partial charge in [-0.15, -0.1) is 0 Å². The molecule has 0 aromatic heterocycles. The maximum absolute atomic E-state index is 12.7. The highest BCUT2D eigenvalue weighted by Crippen LogP contribution is 2.16. The Balaban J connectivity index is 1.65. The Hall–Kier alpha value is -2.09. The van der Waals surface area contributed by atoms with Crippen LogP contribution >= 0.6 is 11.8 Å². The maximum atomic E-state index is 12.7. The number of rotatable bonds is 6. The van der Waals surface area contributed by atoms with Crippen molar-refractivity contribution < 1.29 is 23.5 Å². The van der Waals surface area contributed by atoms with Gasteiger partial charge >= 0.3 is 5.97 Å². The lowest BCUT2D eigenvalue weighted by Gasteiger charge is -2.13. The number of ether oxygens (including phenoxy) is 1. The molecule has 0 unspecified atom stereocenters. The van der Waals surface area contributed by atoms with Gasteiger partial charge in [-0.1, -0.05) is 23.9 Å². The Morgan fingerprint density at radius 1 is 1.32 bits per heavy atom. The van der Waals surface area contributed by atoms with Crippen molar-refractivity contribution in [2.24, 2.45) is 0 Å². The van der Waals surface area contributed by atoms with Crippen LogP contribution in [0.15, 0.2) is 24.3 Å². The molecule has 0 radical (unpaired) electrons. The predicted molar refractivity (Wildman–Crippen MR) is 78.6 cm³/mol. The molecule has 118 valence electrons. The first-order valence-electron chi connectivity index (χ1n) is 6.63. The number of amides is 2. The Kier molecular flexibility index (Phi) is 5.76. The number of thioether (sulfide) groups is 1. The van der Waals surface area contributed by atoms with Gasteiger partial charge in [0.2, 0.25) is 0 Å².